The number of carbonyl (C=O) groups excluding carboxylic acids is 1. The van der Waals surface area contributed by atoms with E-state index < -0.39 is 0 Å². The molecular weight excluding hydrogens is 444 g/mol. The highest BCUT2D eigenvalue weighted by atomic mass is 32.1. The number of hydrogen-bond acceptors (Lipinski definition) is 7. The molecule has 1 amide bonds. The van der Waals surface area contributed by atoms with Gasteiger partial charge in [0.25, 0.3) is 0 Å². The molecule has 158 valence electrons. The molecule has 1 fully saturated rings. The molecule has 4 aromatic rings. The van der Waals surface area contributed by atoms with E-state index in [-0.39, 0.29) is 5.91 Å². The van der Waals surface area contributed by atoms with Gasteiger partial charge >= 0.3 is 0 Å². The van der Waals surface area contributed by atoms with E-state index in [9.17, 15) is 4.79 Å². The van der Waals surface area contributed by atoms with Crippen molar-refractivity contribution in [2.24, 2.45) is 0 Å². The highest BCUT2D eigenvalue weighted by Gasteiger charge is 2.23. The average Bonchev–Trinajstić information content (AvgIpc) is 3.55. The van der Waals surface area contributed by atoms with Gasteiger partial charge in [0.05, 0.1) is 17.0 Å². The summed E-state index contributed by atoms with van der Waals surface area (Å²) < 4.78 is 0. The second-order valence-corrected chi connectivity index (χ2v) is 10.3. The summed E-state index contributed by atoms with van der Waals surface area (Å²) in [4.78, 5) is 29.1. The Morgan fingerprint density at radius 2 is 1.87 bits per heavy atom. The molecule has 1 aliphatic heterocycles. The molecule has 31 heavy (non-hydrogen) atoms. The topological polar surface area (TPSA) is 49.3 Å². The molecule has 0 atom stereocenters. The molecule has 0 radical (unpaired) electrons. The van der Waals surface area contributed by atoms with E-state index in [0.29, 0.717) is 6.42 Å². The normalized spacial score (nSPS) is 14.6. The van der Waals surface area contributed by atoms with Gasteiger partial charge in [-0.05, 0) is 17.9 Å². The van der Waals surface area contributed by atoms with Crippen molar-refractivity contribution < 1.29 is 4.79 Å². The quantitative estimate of drug-likeness (QED) is 0.402. The van der Waals surface area contributed by atoms with Crippen molar-refractivity contribution in [3.63, 3.8) is 0 Å². The van der Waals surface area contributed by atoms with Gasteiger partial charge in [-0.2, -0.15) is 0 Å². The van der Waals surface area contributed by atoms with E-state index in [1.807, 2.05) is 40.7 Å². The van der Waals surface area contributed by atoms with Crippen molar-refractivity contribution in [1.82, 2.24) is 14.9 Å². The van der Waals surface area contributed by atoms with Crippen LogP contribution in [0.15, 0.2) is 59.4 Å². The summed E-state index contributed by atoms with van der Waals surface area (Å²) in [5.41, 5.74) is 2.05. The zero-order chi connectivity index (χ0) is 21.0. The largest absolute Gasteiger partial charge is 0.346 e. The molecule has 0 saturated carbocycles. The summed E-state index contributed by atoms with van der Waals surface area (Å²) in [6.45, 7) is 3.29. The molecule has 1 aromatic carbocycles. The minimum Gasteiger partial charge on any atom is -0.346 e. The number of nitrogens with zero attached hydrogens (tertiary/aromatic N) is 4. The van der Waals surface area contributed by atoms with Crippen LogP contribution < -0.4 is 4.90 Å². The summed E-state index contributed by atoms with van der Waals surface area (Å²) >= 11 is 4.96. The fourth-order valence-electron chi connectivity index (χ4n) is 3.76. The molecule has 0 spiro atoms. The number of hydrogen-bond donors (Lipinski definition) is 0. The van der Waals surface area contributed by atoms with E-state index in [0.717, 1.165) is 63.8 Å². The summed E-state index contributed by atoms with van der Waals surface area (Å²) in [6.07, 6.45) is 3.20. The van der Waals surface area contributed by atoms with Gasteiger partial charge in [-0.25, -0.2) is 9.97 Å². The van der Waals surface area contributed by atoms with Crippen molar-refractivity contribution in [3.8, 4) is 21.1 Å². The number of anilines is 1. The molecule has 0 aliphatic carbocycles. The van der Waals surface area contributed by atoms with Crippen molar-refractivity contribution in [2.45, 2.75) is 12.8 Å². The number of amides is 1. The smallest absolute Gasteiger partial charge is 0.227 e. The Labute approximate surface area is 193 Å². The van der Waals surface area contributed by atoms with Gasteiger partial charge in [0.1, 0.15) is 5.01 Å². The maximum atomic E-state index is 13.3. The van der Waals surface area contributed by atoms with Gasteiger partial charge in [0, 0.05) is 48.2 Å². The zero-order valence-corrected chi connectivity index (χ0v) is 19.4. The minimum absolute atomic E-state index is 0.182. The molecule has 4 heterocycles. The standard InChI is InChI=1S/C23H22N4OS3/c28-20(26-10-5-11-27(13-12-26)23-24-9-15-30-23)16-19-21(18-8-4-14-29-18)25-22(31-19)17-6-2-1-3-7-17/h1-4,6-9,14-15H,5,10-13,16H2. The first-order valence-electron chi connectivity index (χ1n) is 10.3. The summed E-state index contributed by atoms with van der Waals surface area (Å²) in [5, 5.41) is 6.08. The van der Waals surface area contributed by atoms with Crippen LogP contribution in [0.25, 0.3) is 21.1 Å². The summed E-state index contributed by atoms with van der Waals surface area (Å²) in [5.74, 6) is 0.182. The molecule has 0 unspecified atom stereocenters. The lowest BCUT2D eigenvalue weighted by atomic mass is 10.2. The number of thiazole rings is 2. The van der Waals surface area contributed by atoms with E-state index in [1.165, 1.54) is 0 Å². The molecule has 0 N–H and O–H groups in total. The number of thiophene rings is 1. The Balaban J connectivity index is 1.35. The number of rotatable bonds is 5. The molecule has 5 nitrogen and oxygen atoms in total. The molecule has 3 aromatic heterocycles. The van der Waals surface area contributed by atoms with Gasteiger partial charge < -0.3 is 9.80 Å². The van der Waals surface area contributed by atoms with Crippen molar-refractivity contribution in [1.29, 1.82) is 0 Å². The van der Waals surface area contributed by atoms with Crippen LogP contribution in [0.4, 0.5) is 5.13 Å². The van der Waals surface area contributed by atoms with Crippen LogP contribution in [0.3, 0.4) is 0 Å². The summed E-state index contributed by atoms with van der Waals surface area (Å²) in [7, 11) is 0. The molecular formula is C23H22N4OS3. The van der Waals surface area contributed by atoms with Crippen LogP contribution in [0.2, 0.25) is 0 Å². The summed E-state index contributed by atoms with van der Waals surface area (Å²) in [6, 6.07) is 14.3. The van der Waals surface area contributed by atoms with Crippen LogP contribution in [0.1, 0.15) is 11.3 Å². The number of carbonyl (C=O) groups is 1. The van der Waals surface area contributed by atoms with Crippen molar-refractivity contribution in [3.05, 3.63) is 64.3 Å². The Hall–Kier alpha value is -2.55. The van der Waals surface area contributed by atoms with Crippen LogP contribution in [-0.2, 0) is 11.2 Å². The van der Waals surface area contributed by atoms with E-state index >= 15 is 0 Å². The van der Waals surface area contributed by atoms with Crippen LogP contribution in [-0.4, -0.2) is 47.0 Å². The number of benzene rings is 1. The molecule has 5 rings (SSSR count). The predicted molar refractivity (Wildman–Crippen MR) is 130 cm³/mol. The molecule has 1 saturated heterocycles. The monoisotopic (exact) mass is 466 g/mol. The Bertz CT molecular complexity index is 1120. The second-order valence-electron chi connectivity index (χ2n) is 7.35. The van der Waals surface area contributed by atoms with E-state index in [2.05, 4.69) is 33.5 Å². The Morgan fingerprint density at radius 3 is 2.65 bits per heavy atom. The molecule has 0 bridgehead atoms. The second kappa shape index (κ2) is 9.30. The lowest BCUT2D eigenvalue weighted by Gasteiger charge is -2.21. The van der Waals surface area contributed by atoms with E-state index in [1.54, 1.807) is 34.0 Å². The third-order valence-electron chi connectivity index (χ3n) is 5.32. The third-order valence-corrected chi connectivity index (χ3v) is 8.14. The highest BCUT2D eigenvalue weighted by molar-refractivity contribution is 7.17. The third kappa shape index (κ3) is 4.56. The zero-order valence-electron chi connectivity index (χ0n) is 16.9. The van der Waals surface area contributed by atoms with Gasteiger partial charge in [0.2, 0.25) is 5.91 Å². The first-order valence-corrected chi connectivity index (χ1v) is 12.9. The lowest BCUT2D eigenvalue weighted by molar-refractivity contribution is -0.130. The Morgan fingerprint density at radius 1 is 0.968 bits per heavy atom. The molecule has 8 heteroatoms. The Kier molecular flexibility index (Phi) is 6.11. The fourth-order valence-corrected chi connectivity index (χ4v) is 6.34. The van der Waals surface area contributed by atoms with Crippen molar-refractivity contribution >= 4 is 45.0 Å². The first kappa shape index (κ1) is 20.4. The maximum absolute atomic E-state index is 13.3. The van der Waals surface area contributed by atoms with Crippen LogP contribution in [0.5, 0.6) is 0 Å². The fraction of sp³-hybridized carbons (Fsp3) is 0.261. The number of aromatic nitrogens is 2. The van der Waals surface area contributed by atoms with Gasteiger partial charge in [-0.15, -0.1) is 34.0 Å². The maximum Gasteiger partial charge on any atom is 0.227 e. The van der Waals surface area contributed by atoms with Gasteiger partial charge in [-0.1, -0.05) is 36.4 Å². The SMILES string of the molecule is O=C(Cc1sc(-c2ccccc2)nc1-c1cccs1)N1CCCN(c2nccs2)CC1. The molecule has 1 aliphatic rings. The van der Waals surface area contributed by atoms with Gasteiger partial charge in [0.15, 0.2) is 5.13 Å². The predicted octanol–water partition coefficient (Wildman–Crippen LogP) is 5.28. The lowest BCUT2D eigenvalue weighted by Crippen LogP contribution is -2.36. The average molecular weight is 467 g/mol. The van der Waals surface area contributed by atoms with Crippen LogP contribution in [0, 0.1) is 0 Å². The van der Waals surface area contributed by atoms with Crippen LogP contribution >= 0.6 is 34.0 Å². The minimum atomic E-state index is 0.182. The van der Waals surface area contributed by atoms with Gasteiger partial charge in [-0.3, -0.25) is 4.79 Å². The highest BCUT2D eigenvalue weighted by Crippen LogP contribution is 2.36. The van der Waals surface area contributed by atoms with E-state index in [4.69, 9.17) is 4.98 Å². The van der Waals surface area contributed by atoms with Crippen molar-refractivity contribution in [2.75, 3.05) is 31.1 Å². The first-order chi connectivity index (χ1) is 15.3.